The lowest BCUT2D eigenvalue weighted by Crippen LogP contribution is -2.60. The highest BCUT2D eigenvalue weighted by Crippen LogP contribution is 2.68. The van der Waals surface area contributed by atoms with Gasteiger partial charge in [-0.05, 0) is 63.5 Å². The summed E-state index contributed by atoms with van der Waals surface area (Å²) >= 11 is 5.58. The normalized spacial score (nSPS) is 27.8. The van der Waals surface area contributed by atoms with Crippen LogP contribution in [0.15, 0.2) is 55.6 Å². The molecule has 3 saturated heterocycles. The zero-order chi connectivity index (χ0) is 32.4. The van der Waals surface area contributed by atoms with Crippen LogP contribution in [0.4, 0.5) is 5.69 Å². The number of hydrogen-bond acceptors (Lipinski definition) is 5. The molecule has 44 heavy (non-hydrogen) atoms. The van der Waals surface area contributed by atoms with E-state index < -0.39 is 28.2 Å². The lowest BCUT2D eigenvalue weighted by Gasteiger charge is -2.46. The number of nitrogens with zero attached hydrogens (tertiary/aromatic N) is 3. The minimum absolute atomic E-state index is 0.00747. The molecular formula is C35H50BrN3O4S. The summed E-state index contributed by atoms with van der Waals surface area (Å²) in [5.74, 6) is -1.43. The first-order valence-electron chi connectivity index (χ1n) is 15.9. The Kier molecular flexibility index (Phi) is 10.8. The van der Waals surface area contributed by atoms with Gasteiger partial charge in [0.2, 0.25) is 17.7 Å². The fourth-order valence-electron chi connectivity index (χ4n) is 8.05. The van der Waals surface area contributed by atoms with E-state index in [-0.39, 0.29) is 39.8 Å². The number of amides is 3. The van der Waals surface area contributed by atoms with E-state index in [0.717, 1.165) is 18.5 Å². The second-order valence-corrected chi connectivity index (χ2v) is 17.1. The molecule has 3 unspecified atom stereocenters. The first kappa shape index (κ1) is 34.8. The number of alkyl halides is 1. The molecule has 9 heteroatoms. The van der Waals surface area contributed by atoms with Gasteiger partial charge in [-0.1, -0.05) is 67.1 Å². The average Bonchev–Trinajstić information content (AvgIpc) is 3.54. The van der Waals surface area contributed by atoms with Gasteiger partial charge < -0.3 is 19.8 Å². The largest absolute Gasteiger partial charge is 0.396 e. The van der Waals surface area contributed by atoms with Crippen molar-refractivity contribution >= 4 is 51.1 Å². The molecule has 0 radical (unpaired) electrons. The van der Waals surface area contributed by atoms with Crippen LogP contribution in [0, 0.1) is 17.3 Å². The average molecular weight is 689 g/mol. The Morgan fingerprint density at radius 3 is 2.32 bits per heavy atom. The Labute approximate surface area is 276 Å². The highest BCUT2D eigenvalue weighted by atomic mass is 79.9. The van der Waals surface area contributed by atoms with Crippen molar-refractivity contribution in [2.45, 2.75) is 93.1 Å². The number of aliphatic hydroxyl groups is 1. The topological polar surface area (TPSA) is 81.2 Å². The number of benzene rings is 1. The maximum Gasteiger partial charge on any atom is 0.247 e. The van der Waals surface area contributed by atoms with Gasteiger partial charge in [0.25, 0.3) is 0 Å². The molecule has 0 aromatic heterocycles. The van der Waals surface area contributed by atoms with Gasteiger partial charge in [-0.15, -0.1) is 24.9 Å². The molecular weight excluding hydrogens is 638 g/mol. The third-order valence-electron chi connectivity index (χ3n) is 9.28. The summed E-state index contributed by atoms with van der Waals surface area (Å²) in [6.45, 7) is 19.8. The molecule has 242 valence electrons. The number of likely N-dealkylation sites (tertiary alicyclic amines) is 1. The van der Waals surface area contributed by atoms with E-state index in [1.54, 1.807) is 33.7 Å². The van der Waals surface area contributed by atoms with Crippen LogP contribution in [0.1, 0.15) is 66.7 Å². The van der Waals surface area contributed by atoms with Crippen LogP contribution in [-0.4, -0.2) is 85.3 Å². The Morgan fingerprint density at radius 2 is 1.73 bits per heavy atom. The van der Waals surface area contributed by atoms with E-state index in [0.29, 0.717) is 38.9 Å². The molecule has 3 amide bonds. The minimum Gasteiger partial charge on any atom is -0.396 e. The number of carbonyl (C=O) groups is 3. The summed E-state index contributed by atoms with van der Waals surface area (Å²) in [5, 5.41) is 9.26. The van der Waals surface area contributed by atoms with E-state index in [9.17, 15) is 19.5 Å². The molecule has 3 aliphatic rings. The monoisotopic (exact) mass is 687 g/mol. The SMILES string of the molecule is C=CCN(C(=O)[C@H]1[C@@H]2SC3(CC2Br)C(C(=O)N(CC=C)C(C)(C)CC(C)(C)C)N(CCCCCO)C(=O)[C@H]13)c1ccccc1. The Morgan fingerprint density at radius 1 is 1.07 bits per heavy atom. The van der Waals surface area contributed by atoms with Crippen molar-refractivity contribution < 1.29 is 19.5 Å². The van der Waals surface area contributed by atoms with Crippen LogP contribution in [0.5, 0.6) is 0 Å². The zero-order valence-electron chi connectivity index (χ0n) is 27.0. The standard InChI is InChI=1S/C35H50BrN3O4S/c1-8-18-37(24-16-12-10-13-17-24)30(41)26-27-31(42)38(20-14-11-15-21-40)29(35(27)22-25(36)28(26)44-35)32(43)39(19-9-2)34(6,7)23-33(3,4)5/h8-10,12-13,16-17,25-29,40H,1-2,11,14-15,18-23H2,3-7H3/t25?,26-,27+,28-,29?,35?/m1/s1. The molecule has 1 aromatic carbocycles. The fraction of sp³-hybridized carbons (Fsp3) is 0.629. The van der Waals surface area contributed by atoms with Gasteiger partial charge in [0.05, 0.1) is 16.6 Å². The molecule has 2 bridgehead atoms. The van der Waals surface area contributed by atoms with Gasteiger partial charge in [-0.25, -0.2) is 0 Å². The molecule has 1 N–H and O–H groups in total. The summed E-state index contributed by atoms with van der Waals surface area (Å²) in [4.78, 5) is 49.6. The van der Waals surface area contributed by atoms with Crippen molar-refractivity contribution in [2.75, 3.05) is 31.1 Å². The summed E-state index contributed by atoms with van der Waals surface area (Å²) in [5.41, 5.74) is 0.262. The predicted molar refractivity (Wildman–Crippen MR) is 184 cm³/mol. The molecule has 6 atom stereocenters. The highest BCUT2D eigenvalue weighted by Gasteiger charge is 2.76. The van der Waals surface area contributed by atoms with Crippen molar-refractivity contribution in [3.63, 3.8) is 0 Å². The quantitative estimate of drug-likeness (QED) is 0.146. The molecule has 1 aromatic rings. The number of hydrogen-bond donors (Lipinski definition) is 1. The second-order valence-electron chi connectivity index (χ2n) is 14.3. The summed E-state index contributed by atoms with van der Waals surface area (Å²) in [6.07, 6.45) is 6.98. The Hall–Kier alpha value is -2.10. The number of thioether (sulfide) groups is 1. The van der Waals surface area contributed by atoms with Crippen LogP contribution in [0.25, 0.3) is 0 Å². The van der Waals surface area contributed by atoms with Crippen molar-refractivity contribution in [3.05, 3.63) is 55.6 Å². The van der Waals surface area contributed by atoms with E-state index in [4.69, 9.17) is 0 Å². The number of fused-ring (bicyclic) bond motifs is 1. The molecule has 7 nitrogen and oxygen atoms in total. The van der Waals surface area contributed by atoms with Gasteiger partial charge >= 0.3 is 0 Å². The van der Waals surface area contributed by atoms with E-state index in [1.165, 1.54) is 0 Å². The van der Waals surface area contributed by atoms with Crippen LogP contribution >= 0.6 is 27.7 Å². The maximum absolute atomic E-state index is 15.0. The van der Waals surface area contributed by atoms with Crippen molar-refractivity contribution in [3.8, 4) is 0 Å². The molecule has 3 heterocycles. The van der Waals surface area contributed by atoms with Gasteiger partial charge in [-0.2, -0.15) is 0 Å². The second kappa shape index (κ2) is 13.7. The maximum atomic E-state index is 15.0. The molecule has 0 saturated carbocycles. The Balaban J connectivity index is 1.79. The first-order chi connectivity index (χ1) is 20.7. The third kappa shape index (κ3) is 6.57. The zero-order valence-corrected chi connectivity index (χ0v) is 29.4. The third-order valence-corrected chi connectivity index (χ3v) is 12.5. The van der Waals surface area contributed by atoms with E-state index >= 15 is 0 Å². The lowest BCUT2D eigenvalue weighted by molar-refractivity contribution is -0.146. The number of unbranched alkanes of at least 4 members (excludes halogenated alkanes) is 2. The molecule has 0 aliphatic carbocycles. The first-order valence-corrected chi connectivity index (χ1v) is 17.7. The fourth-order valence-corrected chi connectivity index (χ4v) is 11.6. The molecule has 3 fully saturated rings. The summed E-state index contributed by atoms with van der Waals surface area (Å²) in [6, 6.07) is 8.85. The number of carbonyl (C=O) groups excluding carboxylic acids is 3. The number of aliphatic hydroxyl groups excluding tert-OH is 1. The number of anilines is 1. The predicted octanol–water partition coefficient (Wildman–Crippen LogP) is 6.06. The van der Waals surface area contributed by atoms with E-state index in [2.05, 4.69) is 63.7 Å². The molecule has 3 aliphatic heterocycles. The van der Waals surface area contributed by atoms with E-state index in [1.807, 2.05) is 35.2 Å². The van der Waals surface area contributed by atoms with Crippen molar-refractivity contribution in [2.24, 2.45) is 17.3 Å². The molecule has 4 rings (SSSR count). The van der Waals surface area contributed by atoms with Gasteiger partial charge in [0, 0.05) is 47.5 Å². The number of rotatable bonds is 14. The van der Waals surface area contributed by atoms with Crippen LogP contribution in [-0.2, 0) is 14.4 Å². The summed E-state index contributed by atoms with van der Waals surface area (Å²) < 4.78 is -0.724. The highest BCUT2D eigenvalue weighted by molar-refractivity contribution is 9.09. The van der Waals surface area contributed by atoms with Crippen molar-refractivity contribution in [1.29, 1.82) is 0 Å². The van der Waals surface area contributed by atoms with Crippen LogP contribution in [0.2, 0.25) is 0 Å². The van der Waals surface area contributed by atoms with Gasteiger partial charge in [0.15, 0.2) is 0 Å². The lowest BCUT2D eigenvalue weighted by atomic mass is 9.70. The Bertz CT molecular complexity index is 1230. The van der Waals surface area contributed by atoms with Crippen LogP contribution in [0.3, 0.4) is 0 Å². The summed E-state index contributed by atoms with van der Waals surface area (Å²) in [7, 11) is 0. The van der Waals surface area contributed by atoms with Gasteiger partial charge in [-0.3, -0.25) is 14.4 Å². The number of para-hydroxylation sites is 1. The minimum atomic E-state index is -0.724. The smallest absolute Gasteiger partial charge is 0.247 e. The number of halogens is 1. The van der Waals surface area contributed by atoms with Crippen molar-refractivity contribution in [1.82, 2.24) is 9.80 Å². The van der Waals surface area contributed by atoms with Gasteiger partial charge in [0.1, 0.15) is 6.04 Å². The van der Waals surface area contributed by atoms with Crippen LogP contribution < -0.4 is 4.90 Å². The molecule has 1 spiro atoms.